The number of hydrogen-bond acceptors (Lipinski definition) is 4. The van der Waals surface area contributed by atoms with E-state index < -0.39 is 29.3 Å². The van der Waals surface area contributed by atoms with Crippen molar-refractivity contribution >= 4 is 17.6 Å². The summed E-state index contributed by atoms with van der Waals surface area (Å²) in [4.78, 5) is 15.0. The van der Waals surface area contributed by atoms with E-state index in [9.17, 15) is 18.0 Å². The van der Waals surface area contributed by atoms with E-state index in [1.54, 1.807) is 6.07 Å². The molecule has 0 saturated heterocycles. The lowest BCUT2D eigenvalue weighted by molar-refractivity contribution is -0.161. The smallest absolute Gasteiger partial charge is 0.396 e. The summed E-state index contributed by atoms with van der Waals surface area (Å²) in [6, 6.07) is 4.61. The number of carboxylic acid groups (broad SMARTS) is 1. The number of rotatable bonds is 6. The summed E-state index contributed by atoms with van der Waals surface area (Å²) in [5.74, 6) is -3.29. The van der Waals surface area contributed by atoms with Gasteiger partial charge in [0.25, 0.3) is 5.88 Å². The Balaban J connectivity index is 1.96. The lowest BCUT2D eigenvalue weighted by Gasteiger charge is -2.17. The van der Waals surface area contributed by atoms with Crippen molar-refractivity contribution in [2.45, 2.75) is 31.8 Å². The zero-order chi connectivity index (χ0) is 19.1. The van der Waals surface area contributed by atoms with Crippen LogP contribution in [0.2, 0.25) is 5.02 Å². The van der Waals surface area contributed by atoms with Gasteiger partial charge in [0.15, 0.2) is 5.75 Å². The van der Waals surface area contributed by atoms with Gasteiger partial charge in [-0.2, -0.15) is 8.78 Å². The van der Waals surface area contributed by atoms with Crippen molar-refractivity contribution in [2.24, 2.45) is 0 Å². The first-order chi connectivity index (χ1) is 12.1. The van der Waals surface area contributed by atoms with Crippen molar-refractivity contribution in [3.05, 3.63) is 46.4 Å². The number of carbonyl (C=O) groups is 1. The number of aromatic nitrogens is 1. The van der Waals surface area contributed by atoms with E-state index in [0.717, 1.165) is 25.0 Å². The summed E-state index contributed by atoms with van der Waals surface area (Å²) in [5.41, 5.74) is -0.0452. The van der Waals surface area contributed by atoms with Crippen LogP contribution in [0.4, 0.5) is 13.2 Å². The van der Waals surface area contributed by atoms with Gasteiger partial charge in [0.2, 0.25) is 0 Å². The average molecular weight is 388 g/mol. The number of nitrogens with zero attached hydrogens (tertiary/aromatic N) is 1. The lowest BCUT2D eigenvalue weighted by Crippen LogP contribution is -2.20. The van der Waals surface area contributed by atoms with Crippen molar-refractivity contribution in [1.82, 2.24) is 4.98 Å². The summed E-state index contributed by atoms with van der Waals surface area (Å²) < 4.78 is 50.4. The molecule has 5 nitrogen and oxygen atoms in total. The van der Waals surface area contributed by atoms with Crippen LogP contribution >= 0.6 is 11.6 Å². The molecule has 9 heteroatoms. The van der Waals surface area contributed by atoms with E-state index in [0.29, 0.717) is 12.6 Å². The average Bonchev–Trinajstić information content (AvgIpc) is 3.35. The van der Waals surface area contributed by atoms with Gasteiger partial charge < -0.3 is 14.6 Å². The molecule has 0 unspecified atom stereocenters. The molecule has 0 atom stereocenters. The molecule has 3 rings (SSSR count). The molecule has 1 aromatic heterocycles. The molecular weight excluding hydrogens is 375 g/mol. The molecule has 0 bridgehead atoms. The molecule has 1 N–H and O–H groups in total. The molecule has 2 aromatic rings. The third-order valence-electron chi connectivity index (χ3n) is 3.59. The topological polar surface area (TPSA) is 68.7 Å². The maximum absolute atomic E-state index is 13.8. The van der Waals surface area contributed by atoms with E-state index in [1.807, 2.05) is 0 Å². The van der Waals surface area contributed by atoms with Crippen LogP contribution in [-0.4, -0.2) is 22.2 Å². The molecule has 1 saturated carbocycles. The van der Waals surface area contributed by atoms with Crippen molar-refractivity contribution in [2.75, 3.05) is 0 Å². The first kappa shape index (κ1) is 18.3. The summed E-state index contributed by atoms with van der Waals surface area (Å²) in [7, 11) is 0. The van der Waals surface area contributed by atoms with Crippen molar-refractivity contribution < 1.29 is 32.5 Å². The first-order valence-corrected chi connectivity index (χ1v) is 8.00. The van der Waals surface area contributed by atoms with E-state index in [2.05, 4.69) is 9.72 Å². The number of aromatic carboxylic acids is 1. The zero-order valence-electron chi connectivity index (χ0n) is 13.4. The van der Waals surface area contributed by atoms with Crippen molar-refractivity contribution in [3.8, 4) is 17.4 Å². The lowest BCUT2D eigenvalue weighted by atomic mass is 10.2. The minimum atomic E-state index is -3.50. The Kier molecular flexibility index (Phi) is 4.70. The molecular formula is C17H13ClF3NO4. The van der Waals surface area contributed by atoms with Gasteiger partial charge in [-0.25, -0.2) is 14.2 Å². The quantitative estimate of drug-likeness (QED) is 0.734. The molecule has 1 aliphatic rings. The molecule has 0 spiro atoms. The van der Waals surface area contributed by atoms with Gasteiger partial charge in [-0.1, -0.05) is 11.6 Å². The predicted molar refractivity (Wildman–Crippen MR) is 85.9 cm³/mol. The van der Waals surface area contributed by atoms with Crippen LogP contribution in [0.15, 0.2) is 24.3 Å². The Labute approximate surface area is 151 Å². The van der Waals surface area contributed by atoms with Crippen LogP contribution in [0.25, 0.3) is 0 Å². The molecule has 138 valence electrons. The fourth-order valence-corrected chi connectivity index (χ4v) is 2.46. The summed E-state index contributed by atoms with van der Waals surface area (Å²) in [5, 5.41) is 8.67. The fraction of sp³-hybridized carbons (Fsp3) is 0.294. The fourth-order valence-electron chi connectivity index (χ4n) is 2.26. The monoisotopic (exact) mass is 387 g/mol. The SMILES string of the molecule is CC(F)(F)Oc1nc(C2CC2)ccc1Oc1cc(F)c(C(=O)O)cc1Cl. The second-order valence-electron chi connectivity index (χ2n) is 5.89. The Bertz CT molecular complexity index is 866. The normalized spacial score (nSPS) is 14.2. The number of benzene rings is 1. The van der Waals surface area contributed by atoms with Gasteiger partial charge in [0.05, 0.1) is 10.6 Å². The zero-order valence-corrected chi connectivity index (χ0v) is 14.2. The molecule has 1 heterocycles. The molecule has 26 heavy (non-hydrogen) atoms. The molecule has 0 radical (unpaired) electrons. The number of hydrogen-bond donors (Lipinski definition) is 1. The molecule has 0 aliphatic heterocycles. The van der Waals surface area contributed by atoms with E-state index in [4.69, 9.17) is 21.4 Å². The molecule has 1 aromatic carbocycles. The van der Waals surface area contributed by atoms with Gasteiger partial charge >= 0.3 is 12.1 Å². The number of ether oxygens (including phenoxy) is 2. The highest BCUT2D eigenvalue weighted by atomic mass is 35.5. The van der Waals surface area contributed by atoms with Crippen LogP contribution in [0.5, 0.6) is 17.4 Å². The number of alkyl halides is 2. The van der Waals surface area contributed by atoms with E-state index in [1.165, 1.54) is 6.07 Å². The van der Waals surface area contributed by atoms with Crippen LogP contribution < -0.4 is 9.47 Å². The highest BCUT2D eigenvalue weighted by Gasteiger charge is 2.30. The summed E-state index contributed by atoms with van der Waals surface area (Å²) >= 11 is 5.91. The third kappa shape index (κ3) is 4.19. The maximum Gasteiger partial charge on any atom is 0.396 e. The number of halogens is 4. The third-order valence-corrected chi connectivity index (χ3v) is 3.89. The van der Waals surface area contributed by atoms with Gasteiger partial charge in [0, 0.05) is 24.6 Å². The van der Waals surface area contributed by atoms with E-state index in [-0.39, 0.29) is 22.4 Å². The Morgan fingerprint density at radius 1 is 1.31 bits per heavy atom. The predicted octanol–water partition coefficient (Wildman–Crippen LogP) is 5.23. The molecule has 1 aliphatic carbocycles. The van der Waals surface area contributed by atoms with Gasteiger partial charge in [0.1, 0.15) is 11.6 Å². The van der Waals surface area contributed by atoms with Crippen LogP contribution in [0, 0.1) is 5.82 Å². The van der Waals surface area contributed by atoms with Gasteiger partial charge in [-0.15, -0.1) is 0 Å². The van der Waals surface area contributed by atoms with Crippen LogP contribution in [0.1, 0.15) is 41.7 Å². The van der Waals surface area contributed by atoms with Gasteiger partial charge in [-0.3, -0.25) is 0 Å². The Morgan fingerprint density at radius 2 is 2.00 bits per heavy atom. The number of carboxylic acids is 1. The van der Waals surface area contributed by atoms with Crippen LogP contribution in [0.3, 0.4) is 0 Å². The largest absolute Gasteiger partial charge is 0.478 e. The van der Waals surface area contributed by atoms with Crippen molar-refractivity contribution in [1.29, 1.82) is 0 Å². The second kappa shape index (κ2) is 6.68. The Morgan fingerprint density at radius 3 is 2.58 bits per heavy atom. The highest BCUT2D eigenvalue weighted by Crippen LogP contribution is 2.43. The Hall–Kier alpha value is -2.48. The number of pyridine rings is 1. The molecule has 1 fully saturated rings. The molecule has 0 amide bonds. The summed E-state index contributed by atoms with van der Waals surface area (Å²) in [6.45, 7) is 0.552. The second-order valence-corrected chi connectivity index (χ2v) is 6.30. The highest BCUT2D eigenvalue weighted by molar-refractivity contribution is 6.32. The van der Waals surface area contributed by atoms with Crippen LogP contribution in [-0.2, 0) is 0 Å². The van der Waals surface area contributed by atoms with E-state index >= 15 is 0 Å². The van der Waals surface area contributed by atoms with Crippen molar-refractivity contribution in [3.63, 3.8) is 0 Å². The minimum absolute atomic E-state index is 0.188. The minimum Gasteiger partial charge on any atom is -0.478 e. The van der Waals surface area contributed by atoms with Gasteiger partial charge in [-0.05, 0) is 31.0 Å². The standard InChI is InChI=1S/C17H13ClF3NO4/c1-17(20,21)26-15-13(5-4-12(22-15)8-2-3-8)25-14-7-11(19)9(16(23)24)6-10(14)18/h4-8H,2-3H2,1H3,(H,23,24). The first-order valence-electron chi connectivity index (χ1n) is 7.62. The maximum atomic E-state index is 13.8. The summed E-state index contributed by atoms with van der Waals surface area (Å²) in [6.07, 6.45) is -1.69.